The molecule has 136 valence electrons. The molecule has 26 heavy (non-hydrogen) atoms. The standard InChI is InChI=1S/C19H21N3O4/c1-13(18(24)21-19(12-20)9-5-2-6-10-19)25-17(23)11-15-14-7-3-4-8-16(14)26-22-15/h3-4,7-8,13H,2,5-6,9-11H2,1H3,(H,21,24)/t13-/m0/s1. The molecule has 0 radical (unpaired) electrons. The smallest absolute Gasteiger partial charge is 0.312 e. The number of fused-ring (bicyclic) bond motifs is 1. The molecule has 1 saturated carbocycles. The predicted molar refractivity (Wildman–Crippen MR) is 92.8 cm³/mol. The largest absolute Gasteiger partial charge is 0.452 e. The quantitative estimate of drug-likeness (QED) is 0.827. The Morgan fingerprint density at radius 1 is 1.35 bits per heavy atom. The summed E-state index contributed by atoms with van der Waals surface area (Å²) in [6, 6.07) is 9.44. The summed E-state index contributed by atoms with van der Waals surface area (Å²) in [6.07, 6.45) is 3.06. The highest BCUT2D eigenvalue weighted by Crippen LogP contribution is 2.27. The number of nitriles is 1. The summed E-state index contributed by atoms with van der Waals surface area (Å²) >= 11 is 0. The van der Waals surface area contributed by atoms with Crippen molar-refractivity contribution in [1.29, 1.82) is 5.26 Å². The van der Waals surface area contributed by atoms with Crippen LogP contribution in [0.3, 0.4) is 0 Å². The number of para-hydroxylation sites is 1. The van der Waals surface area contributed by atoms with Crippen molar-refractivity contribution in [1.82, 2.24) is 10.5 Å². The molecule has 7 heteroatoms. The van der Waals surface area contributed by atoms with Crippen LogP contribution in [0.4, 0.5) is 0 Å². The first-order valence-corrected chi connectivity index (χ1v) is 8.79. The summed E-state index contributed by atoms with van der Waals surface area (Å²) < 4.78 is 10.4. The zero-order valence-electron chi connectivity index (χ0n) is 14.7. The molecule has 0 unspecified atom stereocenters. The van der Waals surface area contributed by atoms with E-state index in [1.54, 1.807) is 6.07 Å². The Balaban J connectivity index is 1.58. The third kappa shape index (κ3) is 3.85. The van der Waals surface area contributed by atoms with E-state index in [0.717, 1.165) is 24.6 Å². The monoisotopic (exact) mass is 355 g/mol. The molecule has 1 N–H and O–H groups in total. The average molecular weight is 355 g/mol. The molecule has 1 amide bonds. The number of hydrogen-bond donors (Lipinski definition) is 1. The first kappa shape index (κ1) is 17.9. The maximum absolute atomic E-state index is 12.4. The number of nitrogens with one attached hydrogen (secondary N) is 1. The second kappa shape index (κ2) is 7.56. The molecule has 0 bridgehead atoms. The summed E-state index contributed by atoms with van der Waals surface area (Å²) in [4.78, 5) is 24.5. The number of rotatable bonds is 5. The molecule has 1 aliphatic carbocycles. The fourth-order valence-corrected chi connectivity index (χ4v) is 3.25. The highest BCUT2D eigenvalue weighted by molar-refractivity contribution is 5.87. The van der Waals surface area contributed by atoms with E-state index < -0.39 is 23.5 Å². The summed E-state index contributed by atoms with van der Waals surface area (Å²) in [5.41, 5.74) is 0.214. The lowest BCUT2D eigenvalue weighted by Crippen LogP contribution is -2.52. The maximum atomic E-state index is 12.4. The van der Waals surface area contributed by atoms with Crippen molar-refractivity contribution in [2.45, 2.75) is 57.1 Å². The van der Waals surface area contributed by atoms with Crippen LogP contribution in [0.1, 0.15) is 44.7 Å². The van der Waals surface area contributed by atoms with Gasteiger partial charge in [-0.3, -0.25) is 9.59 Å². The summed E-state index contributed by atoms with van der Waals surface area (Å²) in [6.45, 7) is 1.50. The Labute approximate surface area is 151 Å². The number of carbonyl (C=O) groups is 2. The number of nitrogens with zero attached hydrogens (tertiary/aromatic N) is 2. The minimum Gasteiger partial charge on any atom is -0.452 e. The molecular formula is C19H21N3O4. The van der Waals surface area contributed by atoms with Crippen molar-refractivity contribution in [2.24, 2.45) is 0 Å². The zero-order valence-corrected chi connectivity index (χ0v) is 14.7. The molecule has 2 aromatic rings. The van der Waals surface area contributed by atoms with Crippen LogP contribution in [0.15, 0.2) is 28.8 Å². The number of hydrogen-bond acceptors (Lipinski definition) is 6. The Hall–Kier alpha value is -2.88. The van der Waals surface area contributed by atoms with E-state index in [1.165, 1.54) is 6.92 Å². The fourth-order valence-electron chi connectivity index (χ4n) is 3.25. The van der Waals surface area contributed by atoms with Gasteiger partial charge in [-0.25, -0.2) is 0 Å². The molecule has 1 aromatic heterocycles. The van der Waals surface area contributed by atoms with Crippen LogP contribution >= 0.6 is 0 Å². The second-order valence-corrected chi connectivity index (χ2v) is 6.68. The van der Waals surface area contributed by atoms with E-state index in [1.807, 2.05) is 18.2 Å². The molecule has 3 rings (SSSR count). The number of benzene rings is 1. The summed E-state index contributed by atoms with van der Waals surface area (Å²) in [5, 5.41) is 16.8. The molecule has 0 aliphatic heterocycles. The lowest BCUT2D eigenvalue weighted by atomic mass is 9.83. The Morgan fingerprint density at radius 3 is 2.81 bits per heavy atom. The number of aromatic nitrogens is 1. The van der Waals surface area contributed by atoms with Gasteiger partial charge >= 0.3 is 5.97 Å². The van der Waals surface area contributed by atoms with E-state index in [-0.39, 0.29) is 6.42 Å². The lowest BCUT2D eigenvalue weighted by Gasteiger charge is -2.32. The predicted octanol–water partition coefficient (Wildman–Crippen LogP) is 2.64. The molecule has 1 aliphatic rings. The van der Waals surface area contributed by atoms with Gasteiger partial charge in [-0.1, -0.05) is 36.6 Å². The van der Waals surface area contributed by atoms with Gasteiger partial charge in [0.25, 0.3) is 5.91 Å². The Kier molecular flexibility index (Phi) is 5.21. The minimum absolute atomic E-state index is 0.0853. The average Bonchev–Trinajstić information content (AvgIpc) is 3.05. The molecule has 0 spiro atoms. The van der Waals surface area contributed by atoms with E-state index in [9.17, 15) is 14.9 Å². The molecular weight excluding hydrogens is 334 g/mol. The maximum Gasteiger partial charge on any atom is 0.312 e. The summed E-state index contributed by atoms with van der Waals surface area (Å²) in [5.74, 6) is -1.02. The van der Waals surface area contributed by atoms with Crippen LogP contribution in [0.5, 0.6) is 0 Å². The van der Waals surface area contributed by atoms with Crippen LogP contribution in [0.2, 0.25) is 0 Å². The first-order valence-electron chi connectivity index (χ1n) is 8.79. The van der Waals surface area contributed by atoms with Crippen LogP contribution in [-0.2, 0) is 20.7 Å². The Bertz CT molecular complexity index is 846. The number of amides is 1. The molecule has 1 fully saturated rings. The summed E-state index contributed by atoms with van der Waals surface area (Å²) in [7, 11) is 0. The number of carbonyl (C=O) groups excluding carboxylic acids is 2. The topological polar surface area (TPSA) is 105 Å². The van der Waals surface area contributed by atoms with Crippen LogP contribution in [-0.4, -0.2) is 28.7 Å². The van der Waals surface area contributed by atoms with Gasteiger partial charge < -0.3 is 14.6 Å². The number of esters is 1. The van der Waals surface area contributed by atoms with Gasteiger partial charge in [0.2, 0.25) is 0 Å². The Morgan fingerprint density at radius 2 is 2.08 bits per heavy atom. The first-order chi connectivity index (χ1) is 12.5. The SMILES string of the molecule is C[C@H](OC(=O)Cc1noc2ccccc12)C(=O)NC1(C#N)CCCCC1. The normalized spacial score (nSPS) is 17.2. The molecule has 1 atom stereocenters. The van der Waals surface area contributed by atoms with Gasteiger partial charge in [0.05, 0.1) is 12.5 Å². The van der Waals surface area contributed by atoms with E-state index in [2.05, 4.69) is 16.5 Å². The van der Waals surface area contributed by atoms with E-state index >= 15 is 0 Å². The van der Waals surface area contributed by atoms with Gasteiger partial charge in [-0.2, -0.15) is 5.26 Å². The fraction of sp³-hybridized carbons (Fsp3) is 0.474. The third-order valence-corrected chi connectivity index (χ3v) is 4.72. The van der Waals surface area contributed by atoms with Gasteiger partial charge in [-0.05, 0) is 31.9 Å². The van der Waals surface area contributed by atoms with Crippen molar-refractivity contribution in [2.75, 3.05) is 0 Å². The van der Waals surface area contributed by atoms with Crippen molar-refractivity contribution < 1.29 is 18.8 Å². The van der Waals surface area contributed by atoms with Crippen LogP contribution in [0, 0.1) is 11.3 Å². The molecule has 0 saturated heterocycles. The van der Waals surface area contributed by atoms with Crippen molar-refractivity contribution in [3.8, 4) is 6.07 Å². The van der Waals surface area contributed by atoms with Gasteiger partial charge in [0.1, 0.15) is 11.2 Å². The minimum atomic E-state index is -0.979. The highest BCUT2D eigenvalue weighted by atomic mass is 16.5. The second-order valence-electron chi connectivity index (χ2n) is 6.68. The van der Waals surface area contributed by atoms with E-state index in [4.69, 9.17) is 9.26 Å². The zero-order chi connectivity index (χ0) is 18.6. The molecule has 1 heterocycles. The van der Waals surface area contributed by atoms with Gasteiger partial charge in [0.15, 0.2) is 11.7 Å². The molecule has 1 aromatic carbocycles. The van der Waals surface area contributed by atoms with Gasteiger partial charge in [0, 0.05) is 5.39 Å². The van der Waals surface area contributed by atoms with Crippen molar-refractivity contribution in [3.63, 3.8) is 0 Å². The van der Waals surface area contributed by atoms with Gasteiger partial charge in [-0.15, -0.1) is 0 Å². The van der Waals surface area contributed by atoms with Crippen molar-refractivity contribution >= 4 is 22.8 Å². The number of ether oxygens (including phenoxy) is 1. The third-order valence-electron chi connectivity index (χ3n) is 4.72. The highest BCUT2D eigenvalue weighted by Gasteiger charge is 2.35. The molecule has 7 nitrogen and oxygen atoms in total. The van der Waals surface area contributed by atoms with Crippen molar-refractivity contribution in [3.05, 3.63) is 30.0 Å². The van der Waals surface area contributed by atoms with Crippen LogP contribution in [0.25, 0.3) is 11.0 Å². The lowest BCUT2D eigenvalue weighted by molar-refractivity contribution is -0.154. The van der Waals surface area contributed by atoms with E-state index in [0.29, 0.717) is 24.1 Å². The van der Waals surface area contributed by atoms with Crippen LogP contribution < -0.4 is 5.32 Å².